The van der Waals surface area contributed by atoms with Crippen LogP contribution in [0.1, 0.15) is 32.4 Å². The topological polar surface area (TPSA) is 53.5 Å². The predicted octanol–water partition coefficient (Wildman–Crippen LogP) is 1.60. The molecule has 1 aromatic rings. The minimum absolute atomic E-state index is 0.0806. The molecule has 1 atom stereocenters. The van der Waals surface area contributed by atoms with Crippen LogP contribution in [0.25, 0.3) is 0 Å². The number of guanidine groups is 1. The molecule has 1 aromatic carbocycles. The zero-order chi connectivity index (χ0) is 12.5. The van der Waals surface area contributed by atoms with Crippen molar-refractivity contribution in [2.45, 2.75) is 32.4 Å². The summed E-state index contributed by atoms with van der Waals surface area (Å²) in [4.78, 5) is 16.2. The summed E-state index contributed by atoms with van der Waals surface area (Å²) in [6, 6.07) is 9.14. The average molecular weight is 231 g/mol. The summed E-state index contributed by atoms with van der Waals surface area (Å²) in [5.74, 6) is 0.472. The van der Waals surface area contributed by atoms with E-state index in [9.17, 15) is 4.79 Å². The fourth-order valence-corrected chi connectivity index (χ4v) is 1.69. The van der Waals surface area contributed by atoms with Crippen molar-refractivity contribution < 1.29 is 4.79 Å². The quantitative estimate of drug-likeness (QED) is 0.771. The summed E-state index contributed by atoms with van der Waals surface area (Å²) in [7, 11) is 0. The molecular weight excluding hydrogens is 214 g/mol. The molecular formula is C13H17N3O. The van der Waals surface area contributed by atoms with Crippen molar-refractivity contribution in [2.24, 2.45) is 4.99 Å². The molecule has 0 radical (unpaired) electrons. The van der Waals surface area contributed by atoms with E-state index in [1.165, 1.54) is 0 Å². The number of carbonyl (C=O) groups is 1. The Bertz CT molecular complexity index is 445. The molecule has 4 nitrogen and oxygen atoms in total. The molecule has 1 heterocycles. The first-order valence-corrected chi connectivity index (χ1v) is 5.67. The van der Waals surface area contributed by atoms with Gasteiger partial charge in [-0.15, -0.1) is 0 Å². The maximum Gasteiger partial charge on any atom is 0.256 e. The fraction of sp³-hybridized carbons (Fsp3) is 0.385. The van der Waals surface area contributed by atoms with Gasteiger partial charge in [0.2, 0.25) is 0 Å². The van der Waals surface area contributed by atoms with Crippen LogP contribution in [0.2, 0.25) is 0 Å². The van der Waals surface area contributed by atoms with Gasteiger partial charge >= 0.3 is 0 Å². The van der Waals surface area contributed by atoms with Gasteiger partial charge in [0.25, 0.3) is 5.91 Å². The molecule has 0 saturated carbocycles. The lowest BCUT2D eigenvalue weighted by molar-refractivity contribution is -0.120. The van der Waals surface area contributed by atoms with Gasteiger partial charge in [-0.05, 0) is 26.3 Å². The van der Waals surface area contributed by atoms with E-state index in [2.05, 4.69) is 15.6 Å². The Balaban J connectivity index is 2.18. The third-order valence-electron chi connectivity index (χ3n) is 2.36. The fourth-order valence-electron chi connectivity index (χ4n) is 1.69. The first-order chi connectivity index (χ1) is 7.96. The van der Waals surface area contributed by atoms with Crippen LogP contribution in [-0.2, 0) is 4.79 Å². The van der Waals surface area contributed by atoms with Crippen LogP contribution in [0.5, 0.6) is 0 Å². The Morgan fingerprint density at radius 2 is 1.88 bits per heavy atom. The SMILES string of the molecule is CC(C)(C)NC1=NC(c2ccccc2)C(=O)N1. The highest BCUT2D eigenvalue weighted by Crippen LogP contribution is 2.20. The lowest BCUT2D eigenvalue weighted by atomic mass is 10.1. The molecule has 1 unspecified atom stereocenters. The molecule has 0 bridgehead atoms. The Morgan fingerprint density at radius 3 is 2.47 bits per heavy atom. The van der Waals surface area contributed by atoms with Gasteiger partial charge in [-0.2, -0.15) is 0 Å². The van der Waals surface area contributed by atoms with Crippen molar-refractivity contribution >= 4 is 11.9 Å². The largest absolute Gasteiger partial charge is 0.351 e. The van der Waals surface area contributed by atoms with Crippen LogP contribution in [0.3, 0.4) is 0 Å². The van der Waals surface area contributed by atoms with Gasteiger partial charge in [0.05, 0.1) is 0 Å². The van der Waals surface area contributed by atoms with Crippen LogP contribution in [0.4, 0.5) is 0 Å². The van der Waals surface area contributed by atoms with Gasteiger partial charge in [0.1, 0.15) is 0 Å². The molecule has 1 aliphatic rings. The number of benzene rings is 1. The number of rotatable bonds is 1. The number of amides is 1. The second-order valence-corrected chi connectivity index (χ2v) is 5.16. The minimum Gasteiger partial charge on any atom is -0.351 e. The van der Waals surface area contributed by atoms with Gasteiger partial charge < -0.3 is 5.32 Å². The molecule has 90 valence electrons. The smallest absolute Gasteiger partial charge is 0.256 e. The van der Waals surface area contributed by atoms with Crippen LogP contribution in [0, 0.1) is 0 Å². The van der Waals surface area contributed by atoms with Crippen molar-refractivity contribution in [1.82, 2.24) is 10.6 Å². The Morgan fingerprint density at radius 1 is 1.24 bits per heavy atom. The Labute approximate surface area is 101 Å². The van der Waals surface area contributed by atoms with Gasteiger partial charge in [0, 0.05) is 5.54 Å². The normalized spacial score (nSPS) is 19.8. The highest BCUT2D eigenvalue weighted by Gasteiger charge is 2.29. The third kappa shape index (κ3) is 2.84. The van der Waals surface area contributed by atoms with Crippen LogP contribution < -0.4 is 10.6 Å². The van der Waals surface area contributed by atoms with Crippen molar-refractivity contribution in [3.63, 3.8) is 0 Å². The average Bonchev–Trinajstić information content (AvgIpc) is 2.58. The molecule has 2 rings (SSSR count). The van der Waals surface area contributed by atoms with E-state index >= 15 is 0 Å². The molecule has 2 N–H and O–H groups in total. The molecule has 1 aliphatic heterocycles. The highest BCUT2D eigenvalue weighted by molar-refractivity contribution is 6.05. The van der Waals surface area contributed by atoms with Crippen molar-refractivity contribution in [3.05, 3.63) is 35.9 Å². The Kier molecular flexibility index (Phi) is 2.88. The van der Waals surface area contributed by atoms with Gasteiger partial charge in [0.15, 0.2) is 12.0 Å². The zero-order valence-corrected chi connectivity index (χ0v) is 10.3. The third-order valence-corrected chi connectivity index (χ3v) is 2.36. The van der Waals surface area contributed by atoms with Gasteiger partial charge in [-0.1, -0.05) is 30.3 Å². The van der Waals surface area contributed by atoms with E-state index in [4.69, 9.17) is 0 Å². The first kappa shape index (κ1) is 11.6. The summed E-state index contributed by atoms with van der Waals surface area (Å²) in [6.07, 6.45) is 0. The molecule has 0 spiro atoms. The molecule has 4 heteroatoms. The summed E-state index contributed by atoms with van der Waals surface area (Å²) in [6.45, 7) is 6.08. The maximum absolute atomic E-state index is 11.8. The number of hydrogen-bond acceptors (Lipinski definition) is 3. The van der Waals surface area contributed by atoms with E-state index in [0.29, 0.717) is 5.96 Å². The van der Waals surface area contributed by atoms with Crippen LogP contribution >= 0.6 is 0 Å². The number of hydrogen-bond donors (Lipinski definition) is 2. The second kappa shape index (κ2) is 4.20. The van der Waals surface area contributed by atoms with Gasteiger partial charge in [-0.3, -0.25) is 10.1 Å². The molecule has 0 aromatic heterocycles. The van der Waals surface area contributed by atoms with Crippen molar-refractivity contribution in [3.8, 4) is 0 Å². The molecule has 17 heavy (non-hydrogen) atoms. The van der Waals surface area contributed by atoms with E-state index in [1.54, 1.807) is 0 Å². The minimum atomic E-state index is -0.430. The molecule has 0 saturated heterocycles. The molecule has 0 fully saturated rings. The lowest BCUT2D eigenvalue weighted by Gasteiger charge is -2.21. The maximum atomic E-state index is 11.8. The molecule has 1 amide bonds. The standard InChI is InChI=1S/C13H17N3O/c1-13(2,3)16-12-14-10(11(17)15-12)9-7-5-4-6-8-9/h4-8,10H,1-3H3,(H2,14,15,16,17). The number of aliphatic imine (C=N–C) groups is 1. The predicted molar refractivity (Wildman–Crippen MR) is 67.6 cm³/mol. The summed E-state index contributed by atoms with van der Waals surface area (Å²) < 4.78 is 0. The van der Waals surface area contributed by atoms with E-state index in [1.807, 2.05) is 51.1 Å². The first-order valence-electron chi connectivity index (χ1n) is 5.67. The Hall–Kier alpha value is -1.84. The van der Waals surface area contributed by atoms with E-state index < -0.39 is 6.04 Å². The second-order valence-electron chi connectivity index (χ2n) is 5.16. The zero-order valence-electron chi connectivity index (χ0n) is 10.3. The number of carbonyl (C=O) groups excluding carboxylic acids is 1. The summed E-state index contributed by atoms with van der Waals surface area (Å²) in [5, 5.41) is 5.93. The number of nitrogens with zero attached hydrogens (tertiary/aromatic N) is 1. The summed E-state index contributed by atoms with van der Waals surface area (Å²) in [5.41, 5.74) is 0.799. The van der Waals surface area contributed by atoms with Crippen molar-refractivity contribution in [1.29, 1.82) is 0 Å². The van der Waals surface area contributed by atoms with Crippen molar-refractivity contribution in [2.75, 3.05) is 0 Å². The van der Waals surface area contributed by atoms with Crippen LogP contribution in [-0.4, -0.2) is 17.4 Å². The lowest BCUT2D eigenvalue weighted by Crippen LogP contribution is -2.46. The van der Waals surface area contributed by atoms with Crippen LogP contribution in [0.15, 0.2) is 35.3 Å². The molecule has 0 aliphatic carbocycles. The van der Waals surface area contributed by atoms with Gasteiger partial charge in [-0.25, -0.2) is 4.99 Å². The monoisotopic (exact) mass is 231 g/mol. The van der Waals surface area contributed by atoms with E-state index in [0.717, 1.165) is 5.56 Å². The summed E-state index contributed by atoms with van der Waals surface area (Å²) >= 11 is 0. The highest BCUT2D eigenvalue weighted by atomic mass is 16.2. The number of nitrogens with one attached hydrogen (secondary N) is 2. The van der Waals surface area contributed by atoms with E-state index in [-0.39, 0.29) is 11.4 Å².